The Morgan fingerprint density at radius 3 is 2.33 bits per heavy atom. The van der Waals surface area contributed by atoms with Crippen LogP contribution in [0.15, 0.2) is 54.6 Å². The van der Waals surface area contributed by atoms with Gasteiger partial charge in [0.15, 0.2) is 0 Å². The molecule has 5 nitrogen and oxygen atoms in total. The first-order chi connectivity index (χ1) is 13.1. The van der Waals surface area contributed by atoms with E-state index in [9.17, 15) is 9.59 Å². The van der Waals surface area contributed by atoms with Gasteiger partial charge in [0.25, 0.3) is 5.91 Å². The maximum Gasteiger partial charge on any atom is 0.411 e. The molecule has 27 heavy (non-hydrogen) atoms. The summed E-state index contributed by atoms with van der Waals surface area (Å²) in [5.74, 6) is -0.0475. The number of hydrogen-bond acceptors (Lipinski definition) is 3. The van der Waals surface area contributed by atoms with Crippen LogP contribution in [0.5, 0.6) is 0 Å². The second-order valence-electron chi connectivity index (χ2n) is 7.07. The van der Waals surface area contributed by atoms with Crippen molar-refractivity contribution in [3.8, 4) is 0 Å². The molecular formula is C22H26N2O3. The normalized spacial score (nSPS) is 19.4. The molecule has 5 heteroatoms. The lowest BCUT2D eigenvalue weighted by Crippen LogP contribution is -2.47. The summed E-state index contributed by atoms with van der Waals surface area (Å²) < 4.78 is 5.28. The van der Waals surface area contributed by atoms with Gasteiger partial charge < -0.3 is 9.64 Å². The number of carbonyl (C=O) groups is 2. The van der Waals surface area contributed by atoms with Crippen molar-refractivity contribution < 1.29 is 14.3 Å². The van der Waals surface area contributed by atoms with Gasteiger partial charge in [-0.15, -0.1) is 0 Å². The van der Waals surface area contributed by atoms with E-state index < -0.39 is 6.09 Å². The van der Waals surface area contributed by atoms with Crippen LogP contribution in [0.3, 0.4) is 0 Å². The van der Waals surface area contributed by atoms with Crippen molar-refractivity contribution in [2.24, 2.45) is 0 Å². The maximum absolute atomic E-state index is 13.1. The third-order valence-electron chi connectivity index (χ3n) is 5.03. The highest BCUT2D eigenvalue weighted by molar-refractivity contribution is 6.02. The molecule has 0 aromatic heterocycles. The summed E-state index contributed by atoms with van der Waals surface area (Å²) in [5, 5.41) is 2.72. The minimum absolute atomic E-state index is 0.0475. The molecule has 1 saturated heterocycles. The third kappa shape index (κ3) is 4.67. The van der Waals surface area contributed by atoms with E-state index in [1.165, 1.54) is 0 Å². The molecule has 2 aromatic rings. The van der Waals surface area contributed by atoms with Crippen LogP contribution in [-0.2, 0) is 11.3 Å². The number of rotatable bonds is 4. The fourth-order valence-corrected chi connectivity index (χ4v) is 3.61. The van der Waals surface area contributed by atoms with E-state index in [1.54, 1.807) is 18.2 Å². The third-order valence-corrected chi connectivity index (χ3v) is 5.03. The van der Waals surface area contributed by atoms with Gasteiger partial charge in [-0.3, -0.25) is 10.1 Å². The Bertz CT molecular complexity index is 781. The fourth-order valence-electron chi connectivity index (χ4n) is 3.61. The van der Waals surface area contributed by atoms with Crippen molar-refractivity contribution in [1.82, 2.24) is 4.90 Å². The number of benzene rings is 2. The Labute approximate surface area is 160 Å². The van der Waals surface area contributed by atoms with Crippen molar-refractivity contribution >= 4 is 17.7 Å². The molecule has 0 spiro atoms. The van der Waals surface area contributed by atoms with Gasteiger partial charge in [-0.1, -0.05) is 42.5 Å². The van der Waals surface area contributed by atoms with Gasteiger partial charge in [-0.2, -0.15) is 0 Å². The molecular weight excluding hydrogens is 340 g/mol. The number of nitrogens with one attached hydrogen (secondary N) is 1. The van der Waals surface area contributed by atoms with Gasteiger partial charge in [0.05, 0.1) is 11.3 Å². The molecule has 0 aliphatic carbocycles. The second-order valence-corrected chi connectivity index (χ2v) is 7.07. The largest absolute Gasteiger partial charge is 0.444 e. The topological polar surface area (TPSA) is 58.6 Å². The molecule has 1 heterocycles. The quantitative estimate of drug-likeness (QED) is 0.842. The van der Waals surface area contributed by atoms with Crippen LogP contribution < -0.4 is 5.32 Å². The first-order valence-corrected chi connectivity index (χ1v) is 9.45. The highest BCUT2D eigenvalue weighted by atomic mass is 16.5. The number of amides is 2. The number of piperidine rings is 1. The van der Waals surface area contributed by atoms with Crippen LogP contribution in [0.25, 0.3) is 0 Å². The van der Waals surface area contributed by atoms with Gasteiger partial charge in [-0.25, -0.2) is 4.79 Å². The first kappa shape index (κ1) is 19.0. The molecule has 1 aliphatic heterocycles. The lowest BCUT2D eigenvalue weighted by atomic mass is 9.96. The lowest BCUT2D eigenvalue weighted by Gasteiger charge is -2.39. The molecule has 2 atom stereocenters. The van der Waals surface area contributed by atoms with Crippen LogP contribution in [-0.4, -0.2) is 29.0 Å². The Morgan fingerprint density at radius 2 is 1.63 bits per heavy atom. The van der Waals surface area contributed by atoms with E-state index in [-0.39, 0.29) is 24.6 Å². The molecule has 3 rings (SSSR count). The molecule has 2 unspecified atom stereocenters. The number of likely N-dealkylation sites (tertiary alicyclic amines) is 1. The molecule has 1 aliphatic rings. The summed E-state index contributed by atoms with van der Waals surface area (Å²) in [5.41, 5.74) is 1.88. The van der Waals surface area contributed by atoms with Gasteiger partial charge in [0.1, 0.15) is 6.61 Å². The Kier molecular flexibility index (Phi) is 6.12. The van der Waals surface area contributed by atoms with E-state index in [0.717, 1.165) is 24.8 Å². The molecule has 0 saturated carbocycles. The minimum atomic E-state index is -0.571. The fraction of sp³-hybridized carbons (Fsp3) is 0.364. The molecule has 2 amide bonds. The van der Waals surface area contributed by atoms with E-state index in [0.29, 0.717) is 11.3 Å². The molecule has 1 fully saturated rings. The monoisotopic (exact) mass is 366 g/mol. The summed E-state index contributed by atoms with van der Waals surface area (Å²) in [6.07, 6.45) is 2.58. The average Bonchev–Trinajstić information content (AvgIpc) is 2.67. The standard InChI is InChI=1S/C22H26N2O3/c1-16-9-8-10-17(2)24(16)21(25)19-13-6-7-14-20(19)23-22(26)27-15-18-11-4-3-5-12-18/h3-7,11-14,16-17H,8-10,15H2,1-2H3,(H,23,26). The van der Waals surface area contributed by atoms with Crippen molar-refractivity contribution in [3.05, 3.63) is 65.7 Å². The van der Waals surface area contributed by atoms with Crippen molar-refractivity contribution in [2.75, 3.05) is 5.32 Å². The van der Waals surface area contributed by atoms with Gasteiger partial charge in [-0.05, 0) is 50.8 Å². The maximum atomic E-state index is 13.1. The van der Waals surface area contributed by atoms with Crippen molar-refractivity contribution in [2.45, 2.75) is 51.8 Å². The van der Waals surface area contributed by atoms with Crippen LogP contribution >= 0.6 is 0 Å². The summed E-state index contributed by atoms with van der Waals surface area (Å²) in [7, 11) is 0. The van der Waals surface area contributed by atoms with Crippen LogP contribution in [0.4, 0.5) is 10.5 Å². The molecule has 142 valence electrons. The van der Waals surface area contributed by atoms with Gasteiger partial charge in [0, 0.05) is 12.1 Å². The predicted molar refractivity (Wildman–Crippen MR) is 106 cm³/mol. The number of ether oxygens (including phenoxy) is 1. The lowest BCUT2D eigenvalue weighted by molar-refractivity contribution is 0.0512. The van der Waals surface area contributed by atoms with Crippen LogP contribution in [0.1, 0.15) is 49.0 Å². The first-order valence-electron chi connectivity index (χ1n) is 9.45. The Morgan fingerprint density at radius 1 is 1.00 bits per heavy atom. The number of para-hydroxylation sites is 1. The number of nitrogens with zero attached hydrogens (tertiary/aromatic N) is 1. The number of hydrogen-bond donors (Lipinski definition) is 1. The Hall–Kier alpha value is -2.82. The van der Waals surface area contributed by atoms with E-state index in [4.69, 9.17) is 4.74 Å². The SMILES string of the molecule is CC1CCCC(C)N1C(=O)c1ccccc1NC(=O)OCc1ccccc1. The zero-order valence-corrected chi connectivity index (χ0v) is 15.9. The summed E-state index contributed by atoms with van der Waals surface area (Å²) in [6, 6.07) is 17.0. The zero-order chi connectivity index (χ0) is 19.2. The number of carbonyl (C=O) groups excluding carboxylic acids is 2. The molecule has 1 N–H and O–H groups in total. The van der Waals surface area contributed by atoms with Gasteiger partial charge >= 0.3 is 6.09 Å². The van der Waals surface area contributed by atoms with Crippen LogP contribution in [0, 0.1) is 0 Å². The summed E-state index contributed by atoms with van der Waals surface area (Å²) >= 11 is 0. The molecule has 0 radical (unpaired) electrons. The molecule has 0 bridgehead atoms. The average molecular weight is 366 g/mol. The zero-order valence-electron chi connectivity index (χ0n) is 15.9. The summed E-state index contributed by atoms with van der Waals surface area (Å²) in [4.78, 5) is 27.3. The highest BCUT2D eigenvalue weighted by Gasteiger charge is 2.30. The Balaban J connectivity index is 1.70. The van der Waals surface area contributed by atoms with E-state index in [2.05, 4.69) is 19.2 Å². The van der Waals surface area contributed by atoms with Crippen molar-refractivity contribution in [1.29, 1.82) is 0 Å². The van der Waals surface area contributed by atoms with Gasteiger partial charge in [0.2, 0.25) is 0 Å². The predicted octanol–water partition coefficient (Wildman–Crippen LogP) is 4.84. The van der Waals surface area contributed by atoms with E-state index >= 15 is 0 Å². The second kappa shape index (κ2) is 8.71. The minimum Gasteiger partial charge on any atom is -0.444 e. The number of anilines is 1. The smallest absolute Gasteiger partial charge is 0.411 e. The molecule has 2 aromatic carbocycles. The van der Waals surface area contributed by atoms with Crippen molar-refractivity contribution in [3.63, 3.8) is 0 Å². The van der Waals surface area contributed by atoms with E-state index in [1.807, 2.05) is 41.3 Å². The summed E-state index contributed by atoms with van der Waals surface area (Å²) in [6.45, 7) is 4.35. The van der Waals surface area contributed by atoms with Crippen LogP contribution in [0.2, 0.25) is 0 Å². The highest BCUT2D eigenvalue weighted by Crippen LogP contribution is 2.27.